The summed E-state index contributed by atoms with van der Waals surface area (Å²) in [6.45, 7) is 3.68. The lowest BCUT2D eigenvalue weighted by molar-refractivity contribution is -0.122. The Bertz CT molecular complexity index is 895. The Labute approximate surface area is 165 Å². The van der Waals surface area contributed by atoms with Crippen molar-refractivity contribution in [2.45, 2.75) is 25.2 Å². The Kier molecular flexibility index (Phi) is 6.30. The molecule has 0 aliphatic heterocycles. The Hall–Kier alpha value is -2.87. The van der Waals surface area contributed by atoms with Gasteiger partial charge in [0.05, 0.1) is 11.2 Å². The number of amides is 2. The highest BCUT2D eigenvalue weighted by molar-refractivity contribution is 6.30. The summed E-state index contributed by atoms with van der Waals surface area (Å²) in [7, 11) is 0. The number of oxazole rings is 1. The molecule has 1 aromatic carbocycles. The first-order valence-corrected chi connectivity index (χ1v) is 9.09. The van der Waals surface area contributed by atoms with E-state index in [-0.39, 0.29) is 35.6 Å². The lowest BCUT2D eigenvalue weighted by atomic mass is 10.3. The molecule has 0 atom stereocenters. The van der Waals surface area contributed by atoms with Crippen molar-refractivity contribution < 1.29 is 23.1 Å². The molecule has 1 aromatic heterocycles. The minimum Gasteiger partial charge on any atom is -0.484 e. The fourth-order valence-corrected chi connectivity index (χ4v) is 2.45. The Morgan fingerprint density at radius 3 is 2.89 bits per heavy atom. The number of hydrogen-bond donors (Lipinski definition) is 2. The molecule has 1 heterocycles. The van der Waals surface area contributed by atoms with Crippen molar-refractivity contribution in [2.75, 3.05) is 13.2 Å². The van der Waals surface area contributed by atoms with Crippen LogP contribution in [0.15, 0.2) is 41.1 Å². The van der Waals surface area contributed by atoms with Crippen LogP contribution in [0.1, 0.15) is 41.6 Å². The topological polar surface area (TPSA) is 93.5 Å². The maximum absolute atomic E-state index is 13.3. The van der Waals surface area contributed by atoms with E-state index in [0.717, 1.165) is 18.9 Å². The molecule has 2 N–H and O–H groups in total. The highest BCUT2D eigenvalue weighted by Crippen LogP contribution is 2.39. The van der Waals surface area contributed by atoms with Crippen LogP contribution in [0.3, 0.4) is 0 Å². The van der Waals surface area contributed by atoms with Crippen LogP contribution >= 0.6 is 11.6 Å². The first-order valence-electron chi connectivity index (χ1n) is 8.72. The molecule has 7 nitrogen and oxygen atoms in total. The number of carbonyl (C=O) groups excluding carboxylic acids is 2. The second-order valence-electron chi connectivity index (χ2n) is 6.36. The number of ether oxygens (including phenoxy) is 1. The molecule has 0 spiro atoms. The van der Waals surface area contributed by atoms with E-state index in [2.05, 4.69) is 22.2 Å². The molecule has 0 bridgehead atoms. The molecular weight excluding hydrogens is 389 g/mol. The van der Waals surface area contributed by atoms with Gasteiger partial charge in [-0.2, -0.15) is 0 Å². The van der Waals surface area contributed by atoms with Gasteiger partial charge in [-0.15, -0.1) is 0 Å². The summed E-state index contributed by atoms with van der Waals surface area (Å²) in [4.78, 5) is 27.9. The summed E-state index contributed by atoms with van der Waals surface area (Å²) >= 11 is 5.58. The maximum Gasteiger partial charge on any atom is 0.288 e. The Balaban J connectivity index is 1.34. The number of rotatable bonds is 9. The summed E-state index contributed by atoms with van der Waals surface area (Å²) in [6, 6.07) is 3.90. The highest BCUT2D eigenvalue weighted by atomic mass is 35.5. The van der Waals surface area contributed by atoms with Crippen LogP contribution in [0.4, 0.5) is 4.39 Å². The van der Waals surface area contributed by atoms with E-state index in [1.165, 1.54) is 18.3 Å². The van der Waals surface area contributed by atoms with E-state index in [1.807, 2.05) is 0 Å². The quantitative estimate of drug-likeness (QED) is 0.666. The monoisotopic (exact) mass is 407 g/mol. The van der Waals surface area contributed by atoms with Crippen LogP contribution in [0, 0.1) is 5.82 Å². The van der Waals surface area contributed by atoms with Crippen molar-refractivity contribution in [2.24, 2.45) is 0 Å². The van der Waals surface area contributed by atoms with Gasteiger partial charge in [0.25, 0.3) is 11.8 Å². The smallest absolute Gasteiger partial charge is 0.288 e. The second kappa shape index (κ2) is 8.88. The SMILES string of the molecule is C=C(CCNC(=O)c1cnc(C2CC2)o1)NC(=O)COc1ccc(Cl)c(F)c1. The molecule has 1 aliphatic carbocycles. The zero-order valence-electron chi connectivity index (χ0n) is 15.0. The average molecular weight is 408 g/mol. The highest BCUT2D eigenvalue weighted by Gasteiger charge is 2.29. The number of aromatic nitrogens is 1. The van der Waals surface area contributed by atoms with Crippen LogP contribution in [0.2, 0.25) is 5.02 Å². The lowest BCUT2D eigenvalue weighted by Gasteiger charge is -2.10. The molecule has 1 saturated carbocycles. The van der Waals surface area contributed by atoms with E-state index in [0.29, 0.717) is 23.9 Å². The molecule has 1 aliphatic rings. The summed E-state index contributed by atoms with van der Waals surface area (Å²) in [6.07, 6.45) is 3.82. The third-order valence-corrected chi connectivity index (χ3v) is 4.27. The minimum absolute atomic E-state index is 0.0266. The molecule has 1 fully saturated rings. The second-order valence-corrected chi connectivity index (χ2v) is 6.77. The van der Waals surface area contributed by atoms with Gasteiger partial charge in [0, 0.05) is 30.6 Å². The van der Waals surface area contributed by atoms with Gasteiger partial charge in [-0.25, -0.2) is 9.37 Å². The van der Waals surface area contributed by atoms with Crippen molar-refractivity contribution in [1.82, 2.24) is 15.6 Å². The Morgan fingerprint density at radius 1 is 1.39 bits per heavy atom. The molecule has 2 aromatic rings. The normalized spacial score (nSPS) is 13.1. The van der Waals surface area contributed by atoms with Crippen LogP contribution in [0.25, 0.3) is 0 Å². The van der Waals surface area contributed by atoms with Crippen LogP contribution in [-0.4, -0.2) is 29.9 Å². The number of carbonyl (C=O) groups is 2. The number of halogens is 2. The minimum atomic E-state index is -0.629. The van der Waals surface area contributed by atoms with Gasteiger partial charge >= 0.3 is 0 Å². The Morgan fingerprint density at radius 2 is 2.18 bits per heavy atom. The van der Waals surface area contributed by atoms with Gasteiger partial charge in [-0.1, -0.05) is 18.2 Å². The van der Waals surface area contributed by atoms with Crippen molar-refractivity contribution >= 4 is 23.4 Å². The molecule has 28 heavy (non-hydrogen) atoms. The number of nitrogens with one attached hydrogen (secondary N) is 2. The predicted molar refractivity (Wildman–Crippen MR) is 99.6 cm³/mol. The number of hydrogen-bond acceptors (Lipinski definition) is 5. The first-order chi connectivity index (χ1) is 13.4. The van der Waals surface area contributed by atoms with E-state index in [1.54, 1.807) is 0 Å². The predicted octanol–water partition coefficient (Wildman–Crippen LogP) is 3.17. The van der Waals surface area contributed by atoms with Crippen molar-refractivity contribution in [3.8, 4) is 5.75 Å². The lowest BCUT2D eigenvalue weighted by Crippen LogP contribution is -2.30. The molecule has 0 radical (unpaired) electrons. The van der Waals surface area contributed by atoms with Gasteiger partial charge in [0.2, 0.25) is 5.76 Å². The molecular formula is C19H19ClFN3O4. The fraction of sp³-hybridized carbons (Fsp3) is 0.316. The largest absolute Gasteiger partial charge is 0.484 e. The molecule has 2 amide bonds. The first kappa shape index (κ1) is 19.9. The van der Waals surface area contributed by atoms with E-state index >= 15 is 0 Å². The van der Waals surface area contributed by atoms with Gasteiger partial charge in [0.15, 0.2) is 12.5 Å². The van der Waals surface area contributed by atoms with Crippen LogP contribution in [-0.2, 0) is 4.79 Å². The van der Waals surface area contributed by atoms with E-state index < -0.39 is 11.7 Å². The molecule has 148 valence electrons. The summed E-state index contributed by atoms with van der Waals surface area (Å²) in [5.41, 5.74) is 0.410. The average Bonchev–Trinajstić information content (AvgIpc) is 3.39. The van der Waals surface area contributed by atoms with Gasteiger partial charge < -0.3 is 19.8 Å². The van der Waals surface area contributed by atoms with Crippen LogP contribution in [0.5, 0.6) is 5.75 Å². The zero-order valence-corrected chi connectivity index (χ0v) is 15.7. The van der Waals surface area contributed by atoms with Gasteiger partial charge in [0.1, 0.15) is 11.6 Å². The van der Waals surface area contributed by atoms with Crippen molar-refractivity contribution in [3.63, 3.8) is 0 Å². The molecule has 0 unspecified atom stereocenters. The van der Waals surface area contributed by atoms with Crippen molar-refractivity contribution in [1.29, 1.82) is 0 Å². The molecule has 0 saturated heterocycles. The van der Waals surface area contributed by atoms with Gasteiger partial charge in [-0.3, -0.25) is 9.59 Å². The summed E-state index contributed by atoms with van der Waals surface area (Å²) in [5, 5.41) is 5.20. The standard InChI is InChI=1S/C19H19ClFN3O4/c1-11(24-17(25)10-27-13-4-5-14(20)15(21)8-13)6-7-22-18(26)16-9-23-19(28-16)12-2-3-12/h4-5,8-9,12H,1-3,6-7,10H2,(H,22,26)(H,24,25). The van der Waals surface area contributed by atoms with Crippen LogP contribution < -0.4 is 15.4 Å². The van der Waals surface area contributed by atoms with Crippen molar-refractivity contribution in [3.05, 3.63) is 59.2 Å². The van der Waals surface area contributed by atoms with Gasteiger partial charge in [-0.05, 0) is 25.0 Å². The third kappa shape index (κ3) is 5.56. The fourth-order valence-electron chi connectivity index (χ4n) is 2.34. The summed E-state index contributed by atoms with van der Waals surface area (Å²) in [5.74, 6) is -0.156. The number of nitrogens with zero attached hydrogens (tertiary/aromatic N) is 1. The molecule has 3 rings (SSSR count). The van der Waals surface area contributed by atoms with E-state index in [4.69, 9.17) is 20.8 Å². The summed E-state index contributed by atoms with van der Waals surface area (Å²) < 4.78 is 23.9. The number of benzene rings is 1. The third-order valence-electron chi connectivity index (χ3n) is 3.96. The maximum atomic E-state index is 13.3. The van der Waals surface area contributed by atoms with E-state index in [9.17, 15) is 14.0 Å². The zero-order chi connectivity index (χ0) is 20.1. The molecule has 9 heteroatoms.